The van der Waals surface area contributed by atoms with Crippen LogP contribution in [0.15, 0.2) is 47.4 Å². The average Bonchev–Trinajstić information content (AvgIpc) is 3.31. The smallest absolute Gasteiger partial charge is 0.251 e. The van der Waals surface area contributed by atoms with E-state index in [9.17, 15) is 22.7 Å². The zero-order valence-corrected chi connectivity index (χ0v) is 20.8. The van der Waals surface area contributed by atoms with E-state index in [1.165, 1.54) is 30.8 Å². The number of anilines is 2. The summed E-state index contributed by atoms with van der Waals surface area (Å²) in [6.07, 6.45) is 3.12. The Morgan fingerprint density at radius 1 is 1.29 bits per heavy atom. The minimum atomic E-state index is -3.60. The van der Waals surface area contributed by atoms with Gasteiger partial charge < -0.3 is 15.7 Å². The number of hydrogen-bond donors (Lipinski definition) is 3. The molecule has 0 radical (unpaired) electrons. The van der Waals surface area contributed by atoms with Crippen LogP contribution in [-0.4, -0.2) is 62.7 Å². The minimum absolute atomic E-state index is 0.0925. The Morgan fingerprint density at radius 3 is 2.65 bits per heavy atom. The number of halogens is 1. The molecule has 0 saturated carbocycles. The molecule has 1 atom stereocenters. The summed E-state index contributed by atoms with van der Waals surface area (Å²) in [6, 6.07) is 8.64. The Bertz CT molecular complexity index is 1140. The lowest BCUT2D eigenvalue weighted by molar-refractivity contribution is 0.0916. The molecule has 11 heteroatoms. The molecule has 2 heterocycles. The van der Waals surface area contributed by atoms with E-state index in [-0.39, 0.29) is 23.8 Å². The number of aliphatic hydroxyl groups excluding tert-OH is 1. The van der Waals surface area contributed by atoms with Gasteiger partial charge in [-0.3, -0.25) is 9.10 Å². The summed E-state index contributed by atoms with van der Waals surface area (Å²) in [6.45, 7) is 0.231. The fraction of sp³-hybridized carbons (Fsp3) is 0.391. The van der Waals surface area contributed by atoms with Crippen molar-refractivity contribution in [3.8, 4) is 0 Å². The lowest BCUT2D eigenvalue weighted by Gasteiger charge is -2.20. The molecular formula is C23H29FN4O4S2. The fourth-order valence-corrected chi connectivity index (χ4v) is 4.76. The van der Waals surface area contributed by atoms with Crippen molar-refractivity contribution in [2.45, 2.75) is 25.3 Å². The number of rotatable bonds is 11. The predicted molar refractivity (Wildman–Crippen MR) is 134 cm³/mol. The molecule has 8 nitrogen and oxygen atoms in total. The molecule has 0 spiro atoms. The number of carbonyl (C=O) groups excluding carboxylic acids is 1. The van der Waals surface area contributed by atoms with E-state index >= 15 is 0 Å². The van der Waals surface area contributed by atoms with Crippen LogP contribution in [0.1, 0.15) is 28.8 Å². The van der Waals surface area contributed by atoms with E-state index in [0.717, 1.165) is 28.3 Å². The normalized spacial score (nSPS) is 14.4. The molecule has 0 unspecified atom stereocenters. The summed E-state index contributed by atoms with van der Waals surface area (Å²) in [5, 5.41) is 17.7. The van der Waals surface area contributed by atoms with Crippen molar-refractivity contribution in [2.75, 3.05) is 41.8 Å². The van der Waals surface area contributed by atoms with Crippen molar-refractivity contribution in [3.63, 3.8) is 0 Å². The molecule has 1 aliphatic rings. The lowest BCUT2D eigenvalue weighted by Crippen LogP contribution is -2.38. The molecule has 1 aliphatic heterocycles. The van der Waals surface area contributed by atoms with Crippen LogP contribution in [-0.2, 0) is 16.4 Å². The van der Waals surface area contributed by atoms with Crippen molar-refractivity contribution in [2.24, 2.45) is 0 Å². The van der Waals surface area contributed by atoms with Gasteiger partial charge in [-0.2, -0.15) is 0 Å². The summed E-state index contributed by atoms with van der Waals surface area (Å²) >= 11 is 1.71. The number of hydrogen-bond acceptors (Lipinski definition) is 7. The Morgan fingerprint density at radius 2 is 2.03 bits per heavy atom. The number of amides is 1. The molecule has 1 aromatic carbocycles. The number of pyridine rings is 1. The summed E-state index contributed by atoms with van der Waals surface area (Å²) in [5.74, 6) is 0.678. The highest BCUT2D eigenvalue weighted by atomic mass is 32.2. The maximum Gasteiger partial charge on any atom is 0.251 e. The molecule has 0 bridgehead atoms. The van der Waals surface area contributed by atoms with Crippen molar-refractivity contribution in [1.82, 2.24) is 10.3 Å². The van der Waals surface area contributed by atoms with Crippen LogP contribution < -0.4 is 14.9 Å². The van der Waals surface area contributed by atoms with Gasteiger partial charge >= 0.3 is 0 Å². The highest BCUT2D eigenvalue weighted by Gasteiger charge is 2.20. The number of benzene rings is 1. The van der Waals surface area contributed by atoms with Gasteiger partial charge in [-0.05, 0) is 54.5 Å². The van der Waals surface area contributed by atoms with Crippen LogP contribution in [0.25, 0.3) is 0 Å². The first-order chi connectivity index (χ1) is 16.2. The molecule has 0 fully saturated rings. The summed E-state index contributed by atoms with van der Waals surface area (Å²) in [4.78, 5) is 17.3. The first-order valence-electron chi connectivity index (χ1n) is 10.8. The fourth-order valence-electron chi connectivity index (χ4n) is 3.38. The van der Waals surface area contributed by atoms with E-state index in [4.69, 9.17) is 0 Å². The highest BCUT2D eigenvalue weighted by Crippen LogP contribution is 2.25. The average molecular weight is 509 g/mol. The molecule has 1 amide bonds. The molecule has 3 N–H and O–H groups in total. The van der Waals surface area contributed by atoms with E-state index in [2.05, 4.69) is 21.0 Å². The number of nitrogens with zero attached hydrogens (tertiary/aromatic N) is 2. The predicted octanol–water partition coefficient (Wildman–Crippen LogP) is 2.77. The van der Waals surface area contributed by atoms with Gasteiger partial charge in [-0.1, -0.05) is 17.7 Å². The highest BCUT2D eigenvalue weighted by molar-refractivity contribution is 8.02. The molecule has 0 saturated heterocycles. The molecular weight excluding hydrogens is 479 g/mol. The number of carbonyl (C=O) groups is 1. The third kappa shape index (κ3) is 7.44. The van der Waals surface area contributed by atoms with Crippen LogP contribution in [0.3, 0.4) is 0 Å². The molecule has 1 aromatic heterocycles. The van der Waals surface area contributed by atoms with Crippen molar-refractivity contribution >= 4 is 39.3 Å². The lowest BCUT2D eigenvalue weighted by atomic mass is 10.1. The van der Waals surface area contributed by atoms with Crippen LogP contribution in [0.5, 0.6) is 0 Å². The zero-order chi connectivity index (χ0) is 24.7. The van der Waals surface area contributed by atoms with Crippen LogP contribution >= 0.6 is 11.8 Å². The van der Waals surface area contributed by atoms with Crippen LogP contribution in [0.4, 0.5) is 16.0 Å². The van der Waals surface area contributed by atoms with Gasteiger partial charge in [0.2, 0.25) is 10.0 Å². The number of nitrogens with one attached hydrogen (secondary N) is 2. The Kier molecular flexibility index (Phi) is 8.92. The van der Waals surface area contributed by atoms with Gasteiger partial charge in [-0.25, -0.2) is 17.8 Å². The zero-order valence-electron chi connectivity index (χ0n) is 19.1. The second-order valence-electron chi connectivity index (χ2n) is 8.09. The Labute approximate surface area is 203 Å². The van der Waals surface area contributed by atoms with Gasteiger partial charge in [-0.15, -0.1) is 11.8 Å². The number of thioether (sulfide) groups is 1. The SMILES string of the molecule is CN(c1cc(C(=O)N[C@H](CO)CC2=CSCC2)cc(NCCc2ccc(F)cc2)n1)S(C)(=O)=O. The van der Waals surface area contributed by atoms with E-state index in [0.29, 0.717) is 25.2 Å². The molecule has 34 heavy (non-hydrogen) atoms. The summed E-state index contributed by atoms with van der Waals surface area (Å²) < 4.78 is 38.2. The number of sulfonamides is 1. The standard InChI is InChI=1S/C23H29FN4O4S2/c1-28(34(2,31)32)22-13-18(23(30)26-20(14-29)11-17-8-10-33-15-17)12-21(27-22)25-9-7-16-3-5-19(24)6-4-16/h3-6,12-13,15,20,29H,7-11,14H2,1-2H3,(H,25,27)(H,26,30)/t20-/m0/s1. The van der Waals surface area contributed by atoms with Crippen molar-refractivity contribution in [1.29, 1.82) is 0 Å². The summed E-state index contributed by atoms with van der Waals surface area (Å²) in [7, 11) is -2.24. The van der Waals surface area contributed by atoms with Gasteiger partial charge in [0.15, 0.2) is 0 Å². The first kappa shape index (κ1) is 26.0. The quantitative estimate of drug-likeness (QED) is 0.428. The third-order valence-corrected chi connectivity index (χ3v) is 7.50. The Balaban J connectivity index is 1.77. The van der Waals surface area contributed by atoms with E-state index < -0.39 is 22.0 Å². The maximum absolute atomic E-state index is 13.1. The number of aliphatic hydroxyl groups is 1. The summed E-state index contributed by atoms with van der Waals surface area (Å²) in [5.41, 5.74) is 2.32. The first-order valence-corrected chi connectivity index (χ1v) is 13.7. The monoisotopic (exact) mass is 508 g/mol. The van der Waals surface area contributed by atoms with Gasteiger partial charge in [0.05, 0.1) is 18.9 Å². The van der Waals surface area contributed by atoms with Crippen LogP contribution in [0.2, 0.25) is 0 Å². The Hall–Kier alpha value is -2.63. The van der Waals surface area contributed by atoms with Crippen LogP contribution in [0, 0.1) is 5.82 Å². The third-order valence-electron chi connectivity index (χ3n) is 5.38. The van der Waals surface area contributed by atoms with Gasteiger partial charge in [0, 0.05) is 24.9 Å². The topological polar surface area (TPSA) is 112 Å². The van der Waals surface area contributed by atoms with Gasteiger partial charge in [0.1, 0.15) is 17.5 Å². The molecule has 184 valence electrons. The van der Waals surface area contributed by atoms with Gasteiger partial charge in [0.25, 0.3) is 5.91 Å². The molecule has 0 aliphatic carbocycles. The van der Waals surface area contributed by atoms with E-state index in [1.54, 1.807) is 30.0 Å². The van der Waals surface area contributed by atoms with Crippen molar-refractivity contribution < 1.29 is 22.7 Å². The second-order valence-corrected chi connectivity index (χ2v) is 11.1. The largest absolute Gasteiger partial charge is 0.394 e. The van der Waals surface area contributed by atoms with E-state index in [1.807, 2.05) is 0 Å². The number of aromatic nitrogens is 1. The van der Waals surface area contributed by atoms with Crippen molar-refractivity contribution in [3.05, 3.63) is 64.3 Å². The molecule has 3 rings (SSSR count). The molecule has 2 aromatic rings. The second kappa shape index (κ2) is 11.7. The maximum atomic E-state index is 13.1. The minimum Gasteiger partial charge on any atom is -0.394 e.